The van der Waals surface area contributed by atoms with Gasteiger partial charge < -0.3 is 5.11 Å². The third-order valence-electron chi connectivity index (χ3n) is 4.28. The maximum Gasteiger partial charge on any atom is 0.408 e. The summed E-state index contributed by atoms with van der Waals surface area (Å²) in [5, 5.41) is 13.9. The molecule has 0 aliphatic rings. The van der Waals surface area contributed by atoms with E-state index in [0.717, 1.165) is 5.56 Å². The SMILES string of the molecule is C[C@@H](N[C@H](c1c(O)ccc2ccccc12)C(F)(F)F)c1ccccc1. The number of fused-ring (bicyclic) bond motifs is 1. The van der Waals surface area contributed by atoms with Crippen molar-refractivity contribution < 1.29 is 18.3 Å². The molecule has 25 heavy (non-hydrogen) atoms. The predicted molar refractivity (Wildman–Crippen MR) is 92.4 cm³/mol. The Hall–Kier alpha value is -2.53. The van der Waals surface area contributed by atoms with E-state index in [2.05, 4.69) is 5.32 Å². The Morgan fingerprint density at radius 1 is 0.880 bits per heavy atom. The van der Waals surface area contributed by atoms with E-state index in [1.54, 1.807) is 61.5 Å². The molecule has 2 atom stereocenters. The predicted octanol–water partition coefficient (Wildman–Crippen LogP) is 5.50. The van der Waals surface area contributed by atoms with Gasteiger partial charge in [0.1, 0.15) is 11.8 Å². The molecule has 0 aliphatic carbocycles. The Kier molecular flexibility index (Phi) is 4.68. The van der Waals surface area contributed by atoms with Gasteiger partial charge in [-0.3, -0.25) is 5.32 Å². The minimum Gasteiger partial charge on any atom is -0.508 e. The van der Waals surface area contributed by atoms with Crippen LogP contribution in [0.1, 0.15) is 30.1 Å². The van der Waals surface area contributed by atoms with Crippen molar-refractivity contribution in [3.8, 4) is 5.75 Å². The zero-order valence-electron chi connectivity index (χ0n) is 13.6. The monoisotopic (exact) mass is 345 g/mol. The molecule has 3 rings (SSSR count). The van der Waals surface area contributed by atoms with Gasteiger partial charge in [0, 0.05) is 11.6 Å². The molecule has 2 nitrogen and oxygen atoms in total. The van der Waals surface area contributed by atoms with Crippen LogP contribution in [0, 0.1) is 0 Å². The van der Waals surface area contributed by atoms with Crippen LogP contribution in [0.3, 0.4) is 0 Å². The zero-order chi connectivity index (χ0) is 18.0. The summed E-state index contributed by atoms with van der Waals surface area (Å²) < 4.78 is 41.4. The van der Waals surface area contributed by atoms with E-state index < -0.39 is 18.3 Å². The van der Waals surface area contributed by atoms with Gasteiger partial charge in [-0.25, -0.2) is 0 Å². The van der Waals surface area contributed by atoms with Gasteiger partial charge in [0.25, 0.3) is 0 Å². The molecule has 0 aliphatic heterocycles. The van der Waals surface area contributed by atoms with Crippen LogP contribution in [0.4, 0.5) is 13.2 Å². The highest BCUT2D eigenvalue weighted by atomic mass is 19.4. The van der Waals surface area contributed by atoms with Crippen molar-refractivity contribution >= 4 is 10.8 Å². The number of phenolic OH excluding ortho intramolecular Hbond substituents is 1. The molecule has 0 fully saturated rings. The molecule has 0 heterocycles. The van der Waals surface area contributed by atoms with Crippen molar-refractivity contribution in [1.29, 1.82) is 0 Å². The summed E-state index contributed by atoms with van der Waals surface area (Å²) in [5.41, 5.74) is 0.602. The first kappa shape index (κ1) is 17.3. The first-order valence-corrected chi connectivity index (χ1v) is 7.96. The summed E-state index contributed by atoms with van der Waals surface area (Å²) in [6.07, 6.45) is -4.55. The summed E-state index contributed by atoms with van der Waals surface area (Å²) in [6.45, 7) is 1.68. The number of benzene rings is 3. The van der Waals surface area contributed by atoms with Crippen LogP contribution in [-0.2, 0) is 0 Å². The third kappa shape index (κ3) is 3.61. The third-order valence-corrected chi connectivity index (χ3v) is 4.28. The minimum absolute atomic E-state index is 0.145. The molecule has 0 bridgehead atoms. The summed E-state index contributed by atoms with van der Waals surface area (Å²) >= 11 is 0. The highest BCUT2D eigenvalue weighted by molar-refractivity contribution is 5.88. The van der Waals surface area contributed by atoms with Crippen LogP contribution in [-0.4, -0.2) is 11.3 Å². The molecule has 0 aromatic heterocycles. The van der Waals surface area contributed by atoms with Gasteiger partial charge >= 0.3 is 6.18 Å². The molecule has 5 heteroatoms. The molecule has 0 saturated carbocycles. The van der Waals surface area contributed by atoms with E-state index in [1.807, 2.05) is 6.07 Å². The van der Waals surface area contributed by atoms with Crippen LogP contribution in [0.2, 0.25) is 0 Å². The van der Waals surface area contributed by atoms with Crippen molar-refractivity contribution in [2.24, 2.45) is 0 Å². The summed E-state index contributed by atoms with van der Waals surface area (Å²) in [6, 6.07) is 16.1. The number of alkyl halides is 3. The lowest BCUT2D eigenvalue weighted by molar-refractivity contribution is -0.159. The summed E-state index contributed by atoms with van der Waals surface area (Å²) in [4.78, 5) is 0. The van der Waals surface area contributed by atoms with Gasteiger partial charge in [-0.15, -0.1) is 0 Å². The van der Waals surface area contributed by atoms with Crippen LogP contribution >= 0.6 is 0 Å². The number of halogens is 3. The fourth-order valence-electron chi connectivity index (χ4n) is 3.02. The zero-order valence-corrected chi connectivity index (χ0v) is 13.6. The summed E-state index contributed by atoms with van der Waals surface area (Å²) in [5.74, 6) is -0.367. The van der Waals surface area contributed by atoms with E-state index in [1.165, 1.54) is 6.07 Å². The number of hydrogen-bond acceptors (Lipinski definition) is 2. The standard InChI is InChI=1S/C20H18F3NO/c1-13(14-7-3-2-4-8-14)24-19(20(21,22)23)18-16-10-6-5-9-15(16)11-12-17(18)25/h2-13,19,24-25H,1H3/t13-,19-/m1/s1. The van der Waals surface area contributed by atoms with Gasteiger partial charge in [-0.05, 0) is 29.3 Å². The first-order valence-electron chi connectivity index (χ1n) is 7.96. The minimum atomic E-state index is -4.55. The average Bonchev–Trinajstić information content (AvgIpc) is 2.60. The Labute approximate surface area is 143 Å². The molecule has 3 aromatic carbocycles. The lowest BCUT2D eigenvalue weighted by atomic mass is 9.96. The quantitative estimate of drug-likeness (QED) is 0.654. The topological polar surface area (TPSA) is 32.3 Å². The van der Waals surface area contributed by atoms with E-state index in [-0.39, 0.29) is 11.3 Å². The van der Waals surface area contributed by atoms with Crippen LogP contribution in [0.25, 0.3) is 10.8 Å². The Bertz CT molecular complexity index is 862. The molecule has 0 saturated heterocycles. The van der Waals surface area contributed by atoms with Crippen LogP contribution in [0.5, 0.6) is 5.75 Å². The van der Waals surface area contributed by atoms with Crippen LogP contribution in [0.15, 0.2) is 66.7 Å². The van der Waals surface area contributed by atoms with Crippen LogP contribution < -0.4 is 5.32 Å². The number of hydrogen-bond donors (Lipinski definition) is 2. The van der Waals surface area contributed by atoms with Gasteiger partial charge in [-0.1, -0.05) is 60.7 Å². The lowest BCUT2D eigenvalue weighted by Crippen LogP contribution is -2.36. The second kappa shape index (κ2) is 6.76. The second-order valence-electron chi connectivity index (χ2n) is 5.99. The average molecular weight is 345 g/mol. The van der Waals surface area contributed by atoms with Crippen molar-refractivity contribution in [2.75, 3.05) is 0 Å². The normalized spacial score (nSPS) is 14.4. The molecule has 0 unspecified atom stereocenters. The molecule has 0 amide bonds. The van der Waals surface area contributed by atoms with Gasteiger partial charge in [0.15, 0.2) is 0 Å². The fraction of sp³-hybridized carbons (Fsp3) is 0.200. The fourth-order valence-corrected chi connectivity index (χ4v) is 3.02. The van der Waals surface area contributed by atoms with E-state index in [9.17, 15) is 18.3 Å². The Morgan fingerprint density at radius 2 is 1.52 bits per heavy atom. The Balaban J connectivity index is 2.07. The van der Waals surface area contributed by atoms with Gasteiger partial charge in [0.2, 0.25) is 0 Å². The molecule has 3 aromatic rings. The van der Waals surface area contributed by atoms with Gasteiger partial charge in [-0.2, -0.15) is 13.2 Å². The van der Waals surface area contributed by atoms with E-state index in [0.29, 0.717) is 10.8 Å². The number of phenols is 1. The summed E-state index contributed by atoms with van der Waals surface area (Å²) in [7, 11) is 0. The maximum absolute atomic E-state index is 13.8. The molecular weight excluding hydrogens is 327 g/mol. The molecular formula is C20H18F3NO. The molecule has 130 valence electrons. The largest absolute Gasteiger partial charge is 0.508 e. The van der Waals surface area contributed by atoms with Crippen molar-refractivity contribution in [2.45, 2.75) is 25.2 Å². The van der Waals surface area contributed by atoms with Crippen molar-refractivity contribution in [3.63, 3.8) is 0 Å². The first-order chi connectivity index (χ1) is 11.9. The Morgan fingerprint density at radius 3 is 2.20 bits per heavy atom. The molecule has 2 N–H and O–H groups in total. The lowest BCUT2D eigenvalue weighted by Gasteiger charge is -2.27. The molecule has 0 radical (unpaired) electrons. The number of nitrogens with one attached hydrogen (secondary N) is 1. The highest BCUT2D eigenvalue weighted by Gasteiger charge is 2.43. The van der Waals surface area contributed by atoms with Gasteiger partial charge in [0.05, 0.1) is 0 Å². The van der Waals surface area contributed by atoms with Crippen molar-refractivity contribution in [3.05, 3.63) is 77.9 Å². The van der Waals surface area contributed by atoms with E-state index >= 15 is 0 Å². The van der Waals surface area contributed by atoms with E-state index in [4.69, 9.17) is 0 Å². The smallest absolute Gasteiger partial charge is 0.408 e. The maximum atomic E-state index is 13.8. The number of rotatable bonds is 4. The number of aromatic hydroxyl groups is 1. The highest BCUT2D eigenvalue weighted by Crippen LogP contribution is 2.42. The van der Waals surface area contributed by atoms with Crippen molar-refractivity contribution in [1.82, 2.24) is 5.32 Å². The second-order valence-corrected chi connectivity index (χ2v) is 5.99. The molecule has 0 spiro atoms.